The monoisotopic (exact) mass is 262 g/mol. The summed E-state index contributed by atoms with van der Waals surface area (Å²) in [4.78, 5) is 3.89. The zero-order valence-corrected chi connectivity index (χ0v) is 10.7. The van der Waals surface area contributed by atoms with Crippen molar-refractivity contribution in [2.75, 3.05) is 20.1 Å². The molecule has 1 unspecified atom stereocenters. The number of nitrogens with two attached hydrogens (primary N) is 1. The van der Waals surface area contributed by atoms with Gasteiger partial charge in [-0.3, -0.25) is 5.10 Å². The van der Waals surface area contributed by atoms with Crippen molar-refractivity contribution in [3.05, 3.63) is 12.2 Å². The van der Waals surface area contributed by atoms with Gasteiger partial charge in [0.25, 0.3) is 10.2 Å². The Morgan fingerprint density at radius 1 is 1.65 bits per heavy atom. The number of nitrogens with one attached hydrogen (secondary N) is 2. The standard InChI is InChI=1S/C8H18N6O2S/c1-7(8-10-6-11-12-8)13-17(15,16)14(2)5-3-4-9/h6-7,13H,3-5,9H2,1-2H3,(H,10,11,12). The van der Waals surface area contributed by atoms with E-state index in [2.05, 4.69) is 19.9 Å². The molecule has 0 amide bonds. The second-order valence-electron chi connectivity index (χ2n) is 3.68. The Balaban J connectivity index is 2.60. The number of nitrogens with zero attached hydrogens (tertiary/aromatic N) is 3. The van der Waals surface area contributed by atoms with E-state index in [1.54, 1.807) is 6.92 Å². The van der Waals surface area contributed by atoms with Crippen LogP contribution >= 0.6 is 0 Å². The molecular formula is C8H18N6O2S. The number of hydrogen-bond donors (Lipinski definition) is 3. The first-order valence-corrected chi connectivity index (χ1v) is 6.70. The average Bonchev–Trinajstić information content (AvgIpc) is 2.78. The van der Waals surface area contributed by atoms with E-state index >= 15 is 0 Å². The molecule has 8 nitrogen and oxygen atoms in total. The minimum Gasteiger partial charge on any atom is -0.330 e. The smallest absolute Gasteiger partial charge is 0.279 e. The molecule has 1 atom stereocenters. The van der Waals surface area contributed by atoms with E-state index in [0.29, 0.717) is 25.3 Å². The number of H-pyrrole nitrogens is 1. The van der Waals surface area contributed by atoms with E-state index in [1.165, 1.54) is 17.7 Å². The summed E-state index contributed by atoms with van der Waals surface area (Å²) in [5.41, 5.74) is 5.33. The van der Waals surface area contributed by atoms with Gasteiger partial charge in [0.1, 0.15) is 12.2 Å². The largest absolute Gasteiger partial charge is 0.330 e. The highest BCUT2D eigenvalue weighted by Crippen LogP contribution is 2.07. The SMILES string of the molecule is CC(NS(=O)(=O)N(C)CCCN)c1ncn[nH]1. The highest BCUT2D eigenvalue weighted by molar-refractivity contribution is 7.87. The van der Waals surface area contributed by atoms with Crippen LogP contribution in [0.15, 0.2) is 6.33 Å². The Kier molecular flexibility index (Phi) is 5.00. The second-order valence-corrected chi connectivity index (χ2v) is 5.49. The maximum absolute atomic E-state index is 11.9. The Bertz CT molecular complexity index is 417. The lowest BCUT2D eigenvalue weighted by Gasteiger charge is -2.19. The summed E-state index contributed by atoms with van der Waals surface area (Å²) < 4.78 is 27.4. The first-order chi connectivity index (χ1) is 7.97. The molecule has 0 bridgehead atoms. The molecular weight excluding hydrogens is 244 g/mol. The van der Waals surface area contributed by atoms with Crippen LogP contribution < -0.4 is 10.5 Å². The number of hydrogen-bond acceptors (Lipinski definition) is 5. The minimum atomic E-state index is -3.52. The number of aromatic nitrogens is 3. The summed E-state index contributed by atoms with van der Waals surface area (Å²) in [6.07, 6.45) is 1.95. The van der Waals surface area contributed by atoms with Crippen LogP contribution in [0.3, 0.4) is 0 Å². The van der Waals surface area contributed by atoms with Crippen LogP contribution in [0.2, 0.25) is 0 Å². The van der Waals surface area contributed by atoms with Gasteiger partial charge in [0.2, 0.25) is 0 Å². The highest BCUT2D eigenvalue weighted by atomic mass is 32.2. The molecule has 98 valence electrons. The molecule has 0 aromatic carbocycles. The highest BCUT2D eigenvalue weighted by Gasteiger charge is 2.21. The van der Waals surface area contributed by atoms with Crippen LogP contribution in [0, 0.1) is 0 Å². The van der Waals surface area contributed by atoms with Gasteiger partial charge in [0.05, 0.1) is 6.04 Å². The molecule has 0 saturated heterocycles. The molecule has 0 fully saturated rings. The van der Waals surface area contributed by atoms with Gasteiger partial charge in [-0.15, -0.1) is 0 Å². The second kappa shape index (κ2) is 6.05. The molecule has 1 heterocycles. The summed E-state index contributed by atoms with van der Waals surface area (Å²) in [5, 5.41) is 6.28. The van der Waals surface area contributed by atoms with Crippen LogP contribution in [0.4, 0.5) is 0 Å². The predicted octanol–water partition coefficient (Wildman–Crippen LogP) is -1.02. The van der Waals surface area contributed by atoms with E-state index in [9.17, 15) is 8.42 Å². The van der Waals surface area contributed by atoms with Crippen LogP contribution in [-0.4, -0.2) is 48.0 Å². The van der Waals surface area contributed by atoms with E-state index in [1.807, 2.05) is 0 Å². The molecule has 0 radical (unpaired) electrons. The predicted molar refractivity (Wildman–Crippen MR) is 63.2 cm³/mol. The summed E-state index contributed by atoms with van der Waals surface area (Å²) in [5.74, 6) is 0.473. The molecule has 4 N–H and O–H groups in total. The van der Waals surface area contributed by atoms with Crippen molar-refractivity contribution in [2.24, 2.45) is 5.73 Å². The zero-order valence-electron chi connectivity index (χ0n) is 9.92. The Morgan fingerprint density at radius 3 is 2.88 bits per heavy atom. The lowest BCUT2D eigenvalue weighted by atomic mass is 10.3. The first-order valence-electron chi connectivity index (χ1n) is 5.26. The summed E-state index contributed by atoms with van der Waals surface area (Å²) in [6.45, 7) is 2.53. The quantitative estimate of drug-likeness (QED) is 0.581. The lowest BCUT2D eigenvalue weighted by molar-refractivity contribution is 0.444. The third kappa shape index (κ3) is 4.04. The molecule has 9 heteroatoms. The summed E-state index contributed by atoms with van der Waals surface area (Å²) in [6, 6.07) is -0.456. The molecule has 1 rings (SSSR count). The summed E-state index contributed by atoms with van der Waals surface area (Å²) in [7, 11) is -2.01. The van der Waals surface area contributed by atoms with Gasteiger partial charge in [-0.25, -0.2) is 4.98 Å². The summed E-state index contributed by atoms with van der Waals surface area (Å²) >= 11 is 0. The molecule has 17 heavy (non-hydrogen) atoms. The van der Waals surface area contributed by atoms with Gasteiger partial charge in [-0.05, 0) is 19.9 Å². The van der Waals surface area contributed by atoms with E-state index < -0.39 is 16.3 Å². The topological polar surface area (TPSA) is 117 Å². The van der Waals surface area contributed by atoms with Gasteiger partial charge in [-0.1, -0.05) is 0 Å². The van der Waals surface area contributed by atoms with E-state index in [4.69, 9.17) is 5.73 Å². The van der Waals surface area contributed by atoms with Gasteiger partial charge in [0, 0.05) is 13.6 Å². The average molecular weight is 262 g/mol. The molecule has 1 aromatic rings. The van der Waals surface area contributed by atoms with Crippen LogP contribution in [0.25, 0.3) is 0 Å². The minimum absolute atomic E-state index is 0.384. The van der Waals surface area contributed by atoms with Gasteiger partial charge < -0.3 is 5.73 Å². The Hall–Kier alpha value is -1.03. The zero-order chi connectivity index (χ0) is 12.9. The van der Waals surface area contributed by atoms with Gasteiger partial charge >= 0.3 is 0 Å². The fraction of sp³-hybridized carbons (Fsp3) is 0.750. The Morgan fingerprint density at radius 2 is 2.35 bits per heavy atom. The van der Waals surface area contributed by atoms with Crippen molar-refractivity contribution in [3.8, 4) is 0 Å². The maximum Gasteiger partial charge on any atom is 0.279 e. The van der Waals surface area contributed by atoms with Gasteiger partial charge in [-0.2, -0.15) is 22.5 Å². The van der Waals surface area contributed by atoms with Crippen molar-refractivity contribution in [3.63, 3.8) is 0 Å². The number of aromatic amines is 1. The Labute approximate surface area is 101 Å². The van der Waals surface area contributed by atoms with Crippen molar-refractivity contribution in [1.29, 1.82) is 0 Å². The van der Waals surface area contributed by atoms with Crippen LogP contribution in [-0.2, 0) is 10.2 Å². The van der Waals surface area contributed by atoms with Crippen molar-refractivity contribution < 1.29 is 8.42 Å². The fourth-order valence-corrected chi connectivity index (χ4v) is 2.33. The van der Waals surface area contributed by atoms with Crippen LogP contribution in [0.1, 0.15) is 25.2 Å². The number of rotatable bonds is 7. The molecule has 0 aliphatic rings. The van der Waals surface area contributed by atoms with E-state index in [-0.39, 0.29) is 0 Å². The van der Waals surface area contributed by atoms with Crippen LogP contribution in [0.5, 0.6) is 0 Å². The van der Waals surface area contributed by atoms with Gasteiger partial charge in [0.15, 0.2) is 0 Å². The first kappa shape index (κ1) is 14.0. The third-order valence-corrected chi connectivity index (χ3v) is 3.91. The maximum atomic E-state index is 11.9. The normalized spacial score (nSPS) is 14.1. The third-order valence-electron chi connectivity index (χ3n) is 2.26. The van der Waals surface area contributed by atoms with Crippen molar-refractivity contribution >= 4 is 10.2 Å². The molecule has 1 aromatic heterocycles. The van der Waals surface area contributed by atoms with Crippen molar-refractivity contribution in [1.82, 2.24) is 24.2 Å². The molecule has 0 aliphatic heterocycles. The van der Waals surface area contributed by atoms with E-state index in [0.717, 1.165) is 0 Å². The molecule has 0 aliphatic carbocycles. The molecule has 0 saturated carbocycles. The van der Waals surface area contributed by atoms with Crippen molar-refractivity contribution in [2.45, 2.75) is 19.4 Å². The molecule has 0 spiro atoms. The fourth-order valence-electron chi connectivity index (χ4n) is 1.23. The lowest BCUT2D eigenvalue weighted by Crippen LogP contribution is -2.40.